The van der Waals surface area contributed by atoms with Crippen molar-refractivity contribution in [2.24, 2.45) is 5.73 Å². The number of carbonyl (C=O) groups is 2. The van der Waals surface area contributed by atoms with E-state index in [9.17, 15) is 19.0 Å². The Hall–Kier alpha value is -0.990. The number of phosphoric ester groups is 1. The number of unbranched alkanes of at least 4 members (excludes halogenated alkanes) is 12. The lowest BCUT2D eigenvalue weighted by molar-refractivity contribution is -0.161. The number of hydrogen-bond acceptors (Lipinski definition) is 8. The Labute approximate surface area is 212 Å². The van der Waals surface area contributed by atoms with Crippen molar-refractivity contribution in [3.05, 3.63) is 0 Å². The molecule has 0 aliphatic heterocycles. The highest BCUT2D eigenvalue weighted by atomic mass is 31.2. The van der Waals surface area contributed by atoms with E-state index >= 15 is 0 Å². The molecule has 0 heterocycles. The van der Waals surface area contributed by atoms with Crippen molar-refractivity contribution in [2.45, 2.75) is 123 Å². The van der Waals surface area contributed by atoms with Crippen LogP contribution in [-0.4, -0.2) is 49.3 Å². The number of carbonyl (C=O) groups excluding carboxylic acids is 2. The summed E-state index contributed by atoms with van der Waals surface area (Å²) in [5, 5.41) is 0. The molecule has 10 heteroatoms. The first-order chi connectivity index (χ1) is 16.8. The Morgan fingerprint density at radius 3 is 1.80 bits per heavy atom. The van der Waals surface area contributed by atoms with Gasteiger partial charge in [0.1, 0.15) is 6.61 Å². The van der Waals surface area contributed by atoms with Gasteiger partial charge in [0.05, 0.1) is 13.2 Å². The number of ether oxygens (including phenoxy) is 2. The normalized spacial score (nSPS) is 13.8. The van der Waals surface area contributed by atoms with Crippen LogP contribution in [0, 0.1) is 0 Å². The Balaban J connectivity index is 4.27. The van der Waals surface area contributed by atoms with Crippen molar-refractivity contribution in [1.82, 2.24) is 0 Å². The monoisotopic (exact) mass is 523 g/mol. The van der Waals surface area contributed by atoms with E-state index in [1.165, 1.54) is 51.4 Å². The van der Waals surface area contributed by atoms with Gasteiger partial charge in [-0.1, -0.05) is 90.9 Å². The van der Waals surface area contributed by atoms with Crippen molar-refractivity contribution >= 4 is 19.8 Å². The SMILES string of the molecule is CCCCCCCCCCCCCC(=O)O[C@H](COC(=O)CCCCC)COP(=O)(O)OCCN. The predicted octanol–water partition coefficient (Wildman–Crippen LogP) is 5.82. The average molecular weight is 524 g/mol. The highest BCUT2D eigenvalue weighted by molar-refractivity contribution is 7.47. The minimum atomic E-state index is -4.34. The Bertz CT molecular complexity index is 576. The minimum absolute atomic E-state index is 0.0562. The van der Waals surface area contributed by atoms with Crippen LogP contribution in [-0.2, 0) is 32.7 Å². The number of rotatable bonds is 25. The lowest BCUT2D eigenvalue weighted by Gasteiger charge is -2.19. The van der Waals surface area contributed by atoms with Gasteiger partial charge < -0.3 is 20.1 Å². The highest BCUT2D eigenvalue weighted by Gasteiger charge is 2.25. The summed E-state index contributed by atoms with van der Waals surface area (Å²) in [5.74, 6) is -0.858. The molecule has 0 bridgehead atoms. The molecule has 0 radical (unpaired) electrons. The molecule has 0 aliphatic carbocycles. The van der Waals surface area contributed by atoms with Crippen molar-refractivity contribution < 1.29 is 37.6 Å². The number of esters is 2. The van der Waals surface area contributed by atoms with E-state index in [1.807, 2.05) is 6.92 Å². The van der Waals surface area contributed by atoms with E-state index in [2.05, 4.69) is 11.4 Å². The molecule has 0 rings (SSSR count). The quantitative estimate of drug-likeness (QED) is 0.0862. The summed E-state index contributed by atoms with van der Waals surface area (Å²) in [5.41, 5.74) is 5.26. The molecule has 0 saturated carbocycles. The van der Waals surface area contributed by atoms with Crippen LogP contribution in [0.2, 0.25) is 0 Å². The summed E-state index contributed by atoms with van der Waals surface area (Å²) in [6.45, 7) is 3.50. The van der Waals surface area contributed by atoms with E-state index < -0.39 is 32.5 Å². The summed E-state index contributed by atoms with van der Waals surface area (Å²) >= 11 is 0. The van der Waals surface area contributed by atoms with E-state index in [-0.39, 0.29) is 32.6 Å². The second kappa shape index (κ2) is 23.4. The summed E-state index contributed by atoms with van der Waals surface area (Å²) < 4.78 is 32.0. The molecule has 1 unspecified atom stereocenters. The molecule has 0 amide bonds. The predicted molar refractivity (Wildman–Crippen MR) is 137 cm³/mol. The highest BCUT2D eigenvalue weighted by Crippen LogP contribution is 2.43. The number of hydrogen-bond donors (Lipinski definition) is 2. The largest absolute Gasteiger partial charge is 0.472 e. The lowest BCUT2D eigenvalue weighted by Crippen LogP contribution is -2.29. The number of phosphoric acid groups is 1. The average Bonchev–Trinajstić information content (AvgIpc) is 2.83. The Kier molecular flexibility index (Phi) is 22.7. The molecular formula is C25H50NO8P. The molecular weight excluding hydrogens is 473 g/mol. The first-order valence-electron chi connectivity index (χ1n) is 13.5. The summed E-state index contributed by atoms with van der Waals surface area (Å²) in [6.07, 6.45) is 15.1. The Morgan fingerprint density at radius 1 is 0.743 bits per heavy atom. The smallest absolute Gasteiger partial charge is 0.462 e. The van der Waals surface area contributed by atoms with Gasteiger partial charge in [-0.25, -0.2) is 4.57 Å². The van der Waals surface area contributed by atoms with Crippen LogP contribution in [0.4, 0.5) is 0 Å². The summed E-state index contributed by atoms with van der Waals surface area (Å²) in [6, 6.07) is 0. The van der Waals surface area contributed by atoms with Crippen LogP contribution in [0.5, 0.6) is 0 Å². The fourth-order valence-corrected chi connectivity index (χ4v) is 4.22. The second-order valence-electron chi connectivity index (χ2n) is 8.92. The molecule has 0 aromatic rings. The topological polar surface area (TPSA) is 134 Å². The molecule has 0 saturated heterocycles. The molecule has 0 aromatic heterocycles. The maximum atomic E-state index is 12.3. The zero-order valence-electron chi connectivity index (χ0n) is 22.0. The third kappa shape index (κ3) is 23.2. The van der Waals surface area contributed by atoms with E-state index in [0.29, 0.717) is 12.8 Å². The van der Waals surface area contributed by atoms with Gasteiger partial charge in [-0.15, -0.1) is 0 Å². The minimum Gasteiger partial charge on any atom is -0.462 e. The van der Waals surface area contributed by atoms with Crippen molar-refractivity contribution in [3.8, 4) is 0 Å². The van der Waals surface area contributed by atoms with Gasteiger partial charge in [0.25, 0.3) is 0 Å². The molecule has 2 atom stereocenters. The van der Waals surface area contributed by atoms with Gasteiger partial charge in [-0.05, 0) is 12.8 Å². The fourth-order valence-electron chi connectivity index (χ4n) is 3.45. The fraction of sp³-hybridized carbons (Fsp3) is 0.920. The lowest BCUT2D eigenvalue weighted by atomic mass is 10.1. The maximum absolute atomic E-state index is 12.3. The molecule has 208 valence electrons. The molecule has 0 aliphatic rings. The molecule has 9 nitrogen and oxygen atoms in total. The zero-order valence-corrected chi connectivity index (χ0v) is 22.9. The van der Waals surface area contributed by atoms with Crippen molar-refractivity contribution in [1.29, 1.82) is 0 Å². The molecule has 0 aromatic carbocycles. The molecule has 0 fully saturated rings. The standard InChI is InChI=1S/C25H50NO8P/c1-3-5-7-8-9-10-11-12-13-14-16-18-25(28)34-23(21-31-24(27)17-15-6-4-2)22-33-35(29,30)32-20-19-26/h23H,3-22,26H2,1-2H3,(H,29,30)/t23-/m1/s1. The summed E-state index contributed by atoms with van der Waals surface area (Å²) in [7, 11) is -4.34. The first-order valence-corrected chi connectivity index (χ1v) is 15.0. The van der Waals surface area contributed by atoms with Crippen LogP contribution in [0.3, 0.4) is 0 Å². The number of nitrogens with two attached hydrogens (primary N) is 1. The van der Waals surface area contributed by atoms with Gasteiger partial charge in [-0.2, -0.15) is 0 Å². The second-order valence-corrected chi connectivity index (χ2v) is 10.4. The third-order valence-electron chi connectivity index (χ3n) is 5.49. The van der Waals surface area contributed by atoms with Gasteiger partial charge in [-0.3, -0.25) is 18.6 Å². The van der Waals surface area contributed by atoms with Crippen LogP contribution < -0.4 is 5.73 Å². The van der Waals surface area contributed by atoms with Gasteiger partial charge in [0.15, 0.2) is 6.10 Å². The van der Waals surface area contributed by atoms with Crippen LogP contribution in [0.15, 0.2) is 0 Å². The van der Waals surface area contributed by atoms with Crippen molar-refractivity contribution in [2.75, 3.05) is 26.4 Å². The van der Waals surface area contributed by atoms with E-state index in [4.69, 9.17) is 19.7 Å². The van der Waals surface area contributed by atoms with Crippen LogP contribution in [0.25, 0.3) is 0 Å². The van der Waals surface area contributed by atoms with Crippen molar-refractivity contribution in [3.63, 3.8) is 0 Å². The van der Waals surface area contributed by atoms with E-state index in [1.54, 1.807) is 0 Å². The maximum Gasteiger partial charge on any atom is 0.472 e. The zero-order chi connectivity index (χ0) is 26.2. The summed E-state index contributed by atoms with van der Waals surface area (Å²) in [4.78, 5) is 33.8. The van der Waals surface area contributed by atoms with Crippen LogP contribution in [0.1, 0.15) is 117 Å². The third-order valence-corrected chi connectivity index (χ3v) is 6.48. The molecule has 3 N–H and O–H groups in total. The molecule has 0 spiro atoms. The van der Waals surface area contributed by atoms with Gasteiger partial charge >= 0.3 is 19.8 Å². The van der Waals surface area contributed by atoms with Gasteiger partial charge in [0, 0.05) is 19.4 Å². The Morgan fingerprint density at radius 2 is 1.23 bits per heavy atom. The van der Waals surface area contributed by atoms with Gasteiger partial charge in [0.2, 0.25) is 0 Å². The van der Waals surface area contributed by atoms with E-state index in [0.717, 1.165) is 25.7 Å². The molecule has 35 heavy (non-hydrogen) atoms. The van der Waals surface area contributed by atoms with Crippen LogP contribution >= 0.6 is 7.82 Å². The first kappa shape index (κ1) is 34.0.